The van der Waals surface area contributed by atoms with Crippen molar-refractivity contribution >= 4 is 27.3 Å². The van der Waals surface area contributed by atoms with Gasteiger partial charge >= 0.3 is 0 Å². The van der Waals surface area contributed by atoms with Gasteiger partial charge in [-0.25, -0.2) is 4.98 Å². The summed E-state index contributed by atoms with van der Waals surface area (Å²) in [5.41, 5.74) is 1.65. The first-order valence-corrected chi connectivity index (χ1v) is 9.76. The Labute approximate surface area is 160 Å². The summed E-state index contributed by atoms with van der Waals surface area (Å²) >= 11 is 1.60. The largest absolute Gasteiger partial charge is 0.491 e. The van der Waals surface area contributed by atoms with Crippen LogP contribution in [0.15, 0.2) is 35.4 Å². The molecular formula is C20H20N2O4S. The Kier molecular flexibility index (Phi) is 4.80. The van der Waals surface area contributed by atoms with E-state index in [1.165, 1.54) is 22.7 Å². The fraction of sp³-hybridized carbons (Fsp3) is 0.350. The van der Waals surface area contributed by atoms with Crippen molar-refractivity contribution < 1.29 is 14.6 Å². The number of aryl methyl sites for hydroxylation is 2. The Balaban J connectivity index is 1.45. The van der Waals surface area contributed by atoms with E-state index in [0.717, 1.165) is 29.7 Å². The number of nitrogens with zero attached hydrogens (tertiary/aromatic N) is 2. The number of aliphatic hydroxyl groups excluding tert-OH is 1. The summed E-state index contributed by atoms with van der Waals surface area (Å²) < 4.78 is 7.02. The Morgan fingerprint density at radius 3 is 2.85 bits per heavy atom. The van der Waals surface area contributed by atoms with Crippen LogP contribution >= 0.6 is 11.3 Å². The minimum atomic E-state index is -0.846. The van der Waals surface area contributed by atoms with E-state index in [9.17, 15) is 14.7 Å². The van der Waals surface area contributed by atoms with E-state index < -0.39 is 6.10 Å². The second-order valence-corrected chi connectivity index (χ2v) is 7.87. The Bertz CT molecular complexity index is 1050. The van der Waals surface area contributed by atoms with Crippen LogP contribution in [-0.2, 0) is 19.4 Å². The lowest BCUT2D eigenvalue weighted by Crippen LogP contribution is -2.30. The van der Waals surface area contributed by atoms with Crippen LogP contribution in [0.2, 0.25) is 0 Å². The average Bonchev–Trinajstić information content (AvgIpc) is 3.23. The number of fused-ring (bicyclic) bond motifs is 3. The topological polar surface area (TPSA) is 81.4 Å². The van der Waals surface area contributed by atoms with Gasteiger partial charge < -0.3 is 9.84 Å². The van der Waals surface area contributed by atoms with Gasteiger partial charge in [-0.05, 0) is 56.0 Å². The number of carbonyl (C=O) groups excluding carboxylic acids is 1. The van der Waals surface area contributed by atoms with Gasteiger partial charge in [-0.2, -0.15) is 0 Å². The molecule has 140 valence electrons. The van der Waals surface area contributed by atoms with E-state index in [4.69, 9.17) is 4.74 Å². The van der Waals surface area contributed by atoms with Gasteiger partial charge in [0.25, 0.3) is 5.56 Å². The number of ether oxygens (including phenoxy) is 1. The van der Waals surface area contributed by atoms with Crippen molar-refractivity contribution in [1.82, 2.24) is 9.55 Å². The zero-order valence-electron chi connectivity index (χ0n) is 15.0. The van der Waals surface area contributed by atoms with E-state index in [0.29, 0.717) is 16.7 Å². The maximum Gasteiger partial charge on any atom is 0.262 e. The number of ketones is 1. The van der Waals surface area contributed by atoms with E-state index in [2.05, 4.69) is 4.98 Å². The summed E-state index contributed by atoms with van der Waals surface area (Å²) in [6, 6.07) is 6.75. The molecule has 1 unspecified atom stereocenters. The van der Waals surface area contributed by atoms with Crippen LogP contribution in [0.25, 0.3) is 10.2 Å². The molecule has 1 aliphatic carbocycles. The van der Waals surface area contributed by atoms with Crippen LogP contribution in [0, 0.1) is 0 Å². The number of benzene rings is 1. The van der Waals surface area contributed by atoms with Crippen LogP contribution in [0.3, 0.4) is 0 Å². The number of Topliss-reactive ketones (excluding diaryl/α,β-unsaturated/α-hetero) is 1. The fourth-order valence-electron chi connectivity index (χ4n) is 3.41. The maximum atomic E-state index is 12.8. The number of aromatic nitrogens is 2. The van der Waals surface area contributed by atoms with Gasteiger partial charge in [-0.3, -0.25) is 14.2 Å². The zero-order valence-corrected chi connectivity index (χ0v) is 15.8. The summed E-state index contributed by atoms with van der Waals surface area (Å²) in [6.07, 6.45) is 3.69. The summed E-state index contributed by atoms with van der Waals surface area (Å²) in [5.74, 6) is 0.555. The third-order valence-corrected chi connectivity index (χ3v) is 6.00. The molecule has 0 amide bonds. The Morgan fingerprint density at radius 2 is 2.11 bits per heavy atom. The Morgan fingerprint density at radius 1 is 1.33 bits per heavy atom. The van der Waals surface area contributed by atoms with Gasteiger partial charge in [-0.1, -0.05) is 0 Å². The monoisotopic (exact) mass is 384 g/mol. The highest BCUT2D eigenvalue weighted by molar-refractivity contribution is 7.18. The van der Waals surface area contributed by atoms with Gasteiger partial charge in [0.05, 0.1) is 18.3 Å². The van der Waals surface area contributed by atoms with Crippen molar-refractivity contribution in [2.24, 2.45) is 0 Å². The second-order valence-electron chi connectivity index (χ2n) is 6.78. The molecule has 0 bridgehead atoms. The van der Waals surface area contributed by atoms with Crippen molar-refractivity contribution in [3.05, 3.63) is 57.0 Å². The molecule has 1 aromatic carbocycles. The van der Waals surface area contributed by atoms with Crippen molar-refractivity contribution in [3.63, 3.8) is 0 Å². The van der Waals surface area contributed by atoms with Gasteiger partial charge in [0.15, 0.2) is 5.78 Å². The summed E-state index contributed by atoms with van der Waals surface area (Å²) in [4.78, 5) is 30.5. The quantitative estimate of drug-likeness (QED) is 0.661. The molecule has 2 aromatic heterocycles. The lowest BCUT2D eigenvalue weighted by Gasteiger charge is -2.14. The predicted octanol–water partition coefficient (Wildman–Crippen LogP) is 2.59. The first kappa shape index (κ1) is 17.9. The highest BCUT2D eigenvalue weighted by Crippen LogP contribution is 2.34. The molecule has 0 saturated carbocycles. The molecule has 6 nitrogen and oxygen atoms in total. The molecule has 27 heavy (non-hydrogen) atoms. The van der Waals surface area contributed by atoms with E-state index >= 15 is 0 Å². The SMILES string of the molecule is CC(=O)c1ccc(OCC(O)Cn2cnc3sc4c(c3c2=O)CCC4)cc1. The van der Waals surface area contributed by atoms with Crippen molar-refractivity contribution in [2.75, 3.05) is 6.61 Å². The summed E-state index contributed by atoms with van der Waals surface area (Å²) in [7, 11) is 0. The summed E-state index contributed by atoms with van der Waals surface area (Å²) in [5, 5.41) is 11.0. The van der Waals surface area contributed by atoms with E-state index in [1.54, 1.807) is 35.6 Å². The molecular weight excluding hydrogens is 364 g/mol. The van der Waals surface area contributed by atoms with Crippen LogP contribution in [0.1, 0.15) is 34.1 Å². The zero-order chi connectivity index (χ0) is 19.0. The standard InChI is InChI=1S/C20H20N2O4S/c1-12(23)13-5-7-15(8-6-13)26-10-14(24)9-22-11-21-19-18(20(22)25)16-3-2-4-17(16)27-19/h5-8,11,14,24H,2-4,9-10H2,1H3. The number of rotatable bonds is 6. The van der Waals surface area contributed by atoms with Crippen molar-refractivity contribution in [1.29, 1.82) is 0 Å². The molecule has 4 rings (SSSR count). The van der Waals surface area contributed by atoms with Crippen LogP contribution in [0.5, 0.6) is 5.75 Å². The van der Waals surface area contributed by atoms with E-state index in [1.807, 2.05) is 0 Å². The van der Waals surface area contributed by atoms with Gasteiger partial charge in [0.1, 0.15) is 23.3 Å². The molecule has 0 saturated heterocycles. The number of hydrogen-bond donors (Lipinski definition) is 1. The molecule has 7 heteroatoms. The maximum absolute atomic E-state index is 12.8. The highest BCUT2D eigenvalue weighted by Gasteiger charge is 2.21. The molecule has 0 fully saturated rings. The minimum Gasteiger partial charge on any atom is -0.491 e. The molecule has 0 radical (unpaired) electrons. The summed E-state index contributed by atoms with van der Waals surface area (Å²) in [6.45, 7) is 1.68. The third-order valence-electron chi connectivity index (χ3n) is 4.80. The molecule has 1 aliphatic rings. The number of carbonyl (C=O) groups is 1. The molecule has 1 N–H and O–H groups in total. The predicted molar refractivity (Wildman–Crippen MR) is 104 cm³/mol. The third kappa shape index (κ3) is 3.52. The molecule has 0 aliphatic heterocycles. The number of hydrogen-bond acceptors (Lipinski definition) is 6. The smallest absolute Gasteiger partial charge is 0.262 e. The fourth-order valence-corrected chi connectivity index (χ4v) is 4.63. The second kappa shape index (κ2) is 7.25. The molecule has 0 spiro atoms. The normalized spacial score (nSPS) is 14.3. The van der Waals surface area contributed by atoms with E-state index in [-0.39, 0.29) is 24.5 Å². The lowest BCUT2D eigenvalue weighted by molar-refractivity contribution is 0.0914. The number of aliphatic hydroxyl groups is 1. The molecule has 1 atom stereocenters. The lowest BCUT2D eigenvalue weighted by atomic mass is 10.1. The molecule has 2 heterocycles. The molecule has 3 aromatic rings. The van der Waals surface area contributed by atoms with Gasteiger partial charge in [-0.15, -0.1) is 11.3 Å². The first-order valence-electron chi connectivity index (χ1n) is 8.94. The number of thiophene rings is 1. The Hall–Kier alpha value is -2.51. The van der Waals surface area contributed by atoms with Gasteiger partial charge in [0, 0.05) is 10.4 Å². The van der Waals surface area contributed by atoms with Crippen LogP contribution in [0.4, 0.5) is 0 Å². The van der Waals surface area contributed by atoms with Crippen LogP contribution < -0.4 is 10.3 Å². The van der Waals surface area contributed by atoms with Crippen LogP contribution in [-0.4, -0.2) is 33.2 Å². The first-order chi connectivity index (χ1) is 13.0. The van der Waals surface area contributed by atoms with Gasteiger partial charge in [0.2, 0.25) is 0 Å². The van der Waals surface area contributed by atoms with Crippen molar-refractivity contribution in [3.8, 4) is 5.75 Å². The average molecular weight is 384 g/mol. The minimum absolute atomic E-state index is 0.0104. The highest BCUT2D eigenvalue weighted by atomic mass is 32.1. The van der Waals surface area contributed by atoms with Crippen molar-refractivity contribution in [2.45, 2.75) is 38.8 Å².